The highest BCUT2D eigenvalue weighted by Crippen LogP contribution is 2.16. The van der Waals surface area contributed by atoms with Gasteiger partial charge in [-0.15, -0.1) is 0 Å². The first-order chi connectivity index (χ1) is 11.0. The third kappa shape index (κ3) is 3.29. The first-order valence-electron chi connectivity index (χ1n) is 7.13. The summed E-state index contributed by atoms with van der Waals surface area (Å²) in [6.07, 6.45) is 0.222. The second-order valence-corrected chi connectivity index (χ2v) is 5.68. The number of oxazole rings is 1. The zero-order chi connectivity index (χ0) is 16.4. The molecule has 118 valence electrons. The van der Waals surface area contributed by atoms with E-state index in [1.54, 1.807) is 31.3 Å². The number of rotatable bonds is 4. The van der Waals surface area contributed by atoms with Crippen LogP contribution in [0.25, 0.3) is 11.1 Å². The topological polar surface area (TPSA) is 64.2 Å². The van der Waals surface area contributed by atoms with E-state index in [0.717, 1.165) is 11.1 Å². The largest absolute Gasteiger partial charge is 0.419 e. The Balaban J connectivity index is 1.69. The van der Waals surface area contributed by atoms with Crippen LogP contribution in [0.3, 0.4) is 0 Å². The lowest BCUT2D eigenvalue weighted by Gasteiger charge is -2.07. The molecule has 0 spiro atoms. The molecule has 1 N–H and O–H groups in total. The number of amides is 1. The number of halogens is 1. The highest BCUT2D eigenvalue weighted by molar-refractivity contribution is 6.31. The van der Waals surface area contributed by atoms with Crippen LogP contribution in [0.1, 0.15) is 11.1 Å². The zero-order valence-corrected chi connectivity index (χ0v) is 13.3. The fourth-order valence-corrected chi connectivity index (χ4v) is 2.57. The monoisotopic (exact) mass is 330 g/mol. The molecule has 0 saturated heterocycles. The van der Waals surface area contributed by atoms with E-state index in [1.807, 2.05) is 18.2 Å². The van der Waals surface area contributed by atoms with Gasteiger partial charge in [0.05, 0.1) is 11.9 Å². The number of nitrogens with one attached hydrogen (secondary N) is 1. The molecule has 0 aliphatic heterocycles. The summed E-state index contributed by atoms with van der Waals surface area (Å²) < 4.78 is 6.49. The normalized spacial score (nSPS) is 10.9. The van der Waals surface area contributed by atoms with Crippen molar-refractivity contribution in [3.63, 3.8) is 0 Å². The van der Waals surface area contributed by atoms with E-state index in [2.05, 4.69) is 5.32 Å². The standard InChI is InChI=1S/C17H15ClN2O3/c1-20-14-8-11(6-7-15(14)23-17(20)22)9-16(21)19-10-12-4-2-3-5-13(12)18/h2-8H,9-10H2,1H3,(H,19,21). The number of hydrogen-bond donors (Lipinski definition) is 1. The van der Waals surface area contributed by atoms with Crippen LogP contribution in [0, 0.1) is 0 Å². The van der Waals surface area contributed by atoms with Gasteiger partial charge >= 0.3 is 5.76 Å². The molecule has 0 atom stereocenters. The molecule has 0 saturated carbocycles. The second kappa shape index (κ2) is 6.30. The summed E-state index contributed by atoms with van der Waals surface area (Å²) in [5, 5.41) is 3.47. The molecule has 1 amide bonds. The maximum Gasteiger partial charge on any atom is 0.419 e. The van der Waals surface area contributed by atoms with Gasteiger partial charge in [-0.05, 0) is 29.3 Å². The van der Waals surface area contributed by atoms with E-state index in [-0.39, 0.29) is 12.3 Å². The minimum absolute atomic E-state index is 0.113. The molecule has 3 aromatic rings. The summed E-state index contributed by atoms with van der Waals surface area (Å²) in [6, 6.07) is 12.6. The smallest absolute Gasteiger partial charge is 0.408 e. The number of aromatic nitrogens is 1. The molecular weight excluding hydrogens is 316 g/mol. The molecule has 0 fully saturated rings. The molecule has 0 radical (unpaired) electrons. The average Bonchev–Trinajstić information content (AvgIpc) is 2.81. The molecule has 0 aliphatic rings. The van der Waals surface area contributed by atoms with Crippen molar-refractivity contribution in [2.45, 2.75) is 13.0 Å². The Hall–Kier alpha value is -2.53. The van der Waals surface area contributed by atoms with Crippen LogP contribution >= 0.6 is 11.6 Å². The Morgan fingerprint density at radius 2 is 2.04 bits per heavy atom. The molecule has 2 aromatic carbocycles. The second-order valence-electron chi connectivity index (χ2n) is 5.27. The molecule has 1 heterocycles. The van der Waals surface area contributed by atoms with Crippen LogP contribution in [-0.2, 0) is 24.8 Å². The van der Waals surface area contributed by atoms with Crippen molar-refractivity contribution in [3.8, 4) is 0 Å². The van der Waals surface area contributed by atoms with Gasteiger partial charge in [0.25, 0.3) is 0 Å². The molecule has 0 bridgehead atoms. The van der Waals surface area contributed by atoms with Gasteiger partial charge in [-0.1, -0.05) is 35.9 Å². The van der Waals surface area contributed by atoms with Gasteiger partial charge in [-0.2, -0.15) is 0 Å². The lowest BCUT2D eigenvalue weighted by molar-refractivity contribution is -0.120. The highest BCUT2D eigenvalue weighted by Gasteiger charge is 2.09. The lowest BCUT2D eigenvalue weighted by Crippen LogP contribution is -2.24. The van der Waals surface area contributed by atoms with Gasteiger partial charge in [0, 0.05) is 18.6 Å². The Bertz CT molecular complexity index is 927. The third-order valence-corrected chi connectivity index (χ3v) is 4.02. The zero-order valence-electron chi connectivity index (χ0n) is 12.5. The number of hydrogen-bond acceptors (Lipinski definition) is 3. The molecule has 0 aliphatic carbocycles. The van der Waals surface area contributed by atoms with Crippen molar-refractivity contribution < 1.29 is 9.21 Å². The molecule has 23 heavy (non-hydrogen) atoms. The van der Waals surface area contributed by atoms with Gasteiger partial charge < -0.3 is 9.73 Å². The molecular formula is C17H15ClN2O3. The van der Waals surface area contributed by atoms with Crippen LogP contribution in [0.15, 0.2) is 51.7 Å². The Kier molecular flexibility index (Phi) is 4.21. The fraction of sp³-hybridized carbons (Fsp3) is 0.176. The SMILES string of the molecule is Cn1c(=O)oc2ccc(CC(=O)NCc3ccccc3Cl)cc21. The van der Waals surface area contributed by atoms with E-state index in [0.29, 0.717) is 22.7 Å². The number of fused-ring (bicyclic) bond motifs is 1. The lowest BCUT2D eigenvalue weighted by atomic mass is 10.1. The summed E-state index contributed by atoms with van der Waals surface area (Å²) in [5.74, 6) is -0.530. The van der Waals surface area contributed by atoms with Crippen molar-refractivity contribution in [1.29, 1.82) is 0 Å². The summed E-state index contributed by atoms with van der Waals surface area (Å²) >= 11 is 6.06. The summed E-state index contributed by atoms with van der Waals surface area (Å²) in [5.41, 5.74) is 2.87. The summed E-state index contributed by atoms with van der Waals surface area (Å²) in [6.45, 7) is 0.380. The predicted molar refractivity (Wildman–Crippen MR) is 88.5 cm³/mol. The van der Waals surface area contributed by atoms with Crippen molar-refractivity contribution in [2.75, 3.05) is 0 Å². The van der Waals surface area contributed by atoms with Crippen molar-refractivity contribution >= 4 is 28.6 Å². The maximum atomic E-state index is 12.1. The van der Waals surface area contributed by atoms with Gasteiger partial charge in [0.1, 0.15) is 0 Å². The Morgan fingerprint density at radius 1 is 1.26 bits per heavy atom. The van der Waals surface area contributed by atoms with E-state index >= 15 is 0 Å². The minimum atomic E-state index is -0.416. The quantitative estimate of drug-likeness (QED) is 0.800. The molecule has 0 unspecified atom stereocenters. The predicted octanol–water partition coefficient (Wildman–Crippen LogP) is 2.64. The number of nitrogens with zero attached hydrogens (tertiary/aromatic N) is 1. The number of carbonyl (C=O) groups excluding carboxylic acids is 1. The van der Waals surface area contributed by atoms with Crippen molar-refractivity contribution in [3.05, 3.63) is 69.2 Å². The van der Waals surface area contributed by atoms with E-state index in [1.165, 1.54) is 4.57 Å². The Labute approximate surface area is 137 Å². The minimum Gasteiger partial charge on any atom is -0.408 e. The Morgan fingerprint density at radius 3 is 2.83 bits per heavy atom. The molecule has 1 aromatic heterocycles. The average molecular weight is 331 g/mol. The first kappa shape index (κ1) is 15.4. The highest BCUT2D eigenvalue weighted by atomic mass is 35.5. The molecule has 6 heteroatoms. The van der Waals surface area contributed by atoms with Crippen LogP contribution in [0.2, 0.25) is 5.02 Å². The van der Waals surface area contributed by atoms with E-state index in [9.17, 15) is 9.59 Å². The molecule has 3 rings (SSSR count). The van der Waals surface area contributed by atoms with Crippen LogP contribution in [-0.4, -0.2) is 10.5 Å². The van der Waals surface area contributed by atoms with E-state index < -0.39 is 5.76 Å². The van der Waals surface area contributed by atoms with Gasteiger partial charge in [-0.25, -0.2) is 4.79 Å². The van der Waals surface area contributed by atoms with Crippen molar-refractivity contribution in [1.82, 2.24) is 9.88 Å². The molecule has 5 nitrogen and oxygen atoms in total. The van der Waals surface area contributed by atoms with Gasteiger partial charge in [-0.3, -0.25) is 9.36 Å². The summed E-state index contributed by atoms with van der Waals surface area (Å²) in [4.78, 5) is 23.5. The number of benzene rings is 2. The van der Waals surface area contributed by atoms with Crippen LogP contribution < -0.4 is 11.1 Å². The van der Waals surface area contributed by atoms with Crippen LogP contribution in [0.4, 0.5) is 0 Å². The summed E-state index contributed by atoms with van der Waals surface area (Å²) in [7, 11) is 1.63. The maximum absolute atomic E-state index is 12.1. The number of aryl methyl sites for hydroxylation is 1. The first-order valence-corrected chi connectivity index (χ1v) is 7.51. The number of carbonyl (C=O) groups is 1. The fourth-order valence-electron chi connectivity index (χ4n) is 2.37. The van der Waals surface area contributed by atoms with Gasteiger partial charge in [0.15, 0.2) is 5.58 Å². The van der Waals surface area contributed by atoms with Gasteiger partial charge in [0.2, 0.25) is 5.91 Å². The van der Waals surface area contributed by atoms with E-state index in [4.69, 9.17) is 16.0 Å². The van der Waals surface area contributed by atoms with Crippen molar-refractivity contribution in [2.24, 2.45) is 7.05 Å². The van der Waals surface area contributed by atoms with Crippen LogP contribution in [0.5, 0.6) is 0 Å². The third-order valence-electron chi connectivity index (χ3n) is 3.65.